The molecular weight excluding hydrogens is 134 g/mol. The van der Waals surface area contributed by atoms with Crippen LogP contribution in [0.3, 0.4) is 0 Å². The largest absolute Gasteiger partial charge is 0.365 e. The summed E-state index contributed by atoms with van der Waals surface area (Å²) in [7, 11) is 0. The summed E-state index contributed by atoms with van der Waals surface area (Å²) in [6.45, 7) is 2.03. The summed E-state index contributed by atoms with van der Waals surface area (Å²) < 4.78 is 0. The smallest absolute Gasteiger partial charge is 0.0115 e. The average molecular weight is 144 g/mol. The van der Waals surface area contributed by atoms with Gasteiger partial charge in [-0.2, -0.15) is 0 Å². The van der Waals surface area contributed by atoms with Crippen molar-refractivity contribution in [2.75, 3.05) is 0 Å². The van der Waals surface area contributed by atoms with E-state index in [-0.39, 0.29) is 12.4 Å². The van der Waals surface area contributed by atoms with Crippen molar-refractivity contribution in [2.24, 2.45) is 0 Å². The van der Waals surface area contributed by atoms with Crippen LogP contribution < -0.4 is 5.32 Å². The van der Waals surface area contributed by atoms with E-state index in [0.29, 0.717) is 0 Å². The zero-order valence-corrected chi connectivity index (χ0v) is 6.11. The summed E-state index contributed by atoms with van der Waals surface area (Å²) in [6, 6.07) is 0. The summed E-state index contributed by atoms with van der Waals surface area (Å²) in [5.74, 6) is 0. The molecule has 0 saturated heterocycles. The standard InChI is InChI=1S/C7H9N.ClH/c1-7-5-3-2-4-6-8-7;/h2-6,8H,1H3;1H. The van der Waals surface area contributed by atoms with Crippen LogP contribution in [0.4, 0.5) is 0 Å². The van der Waals surface area contributed by atoms with E-state index in [0.717, 1.165) is 0 Å². The average Bonchev–Trinajstić information content (AvgIpc) is 1.94. The summed E-state index contributed by atoms with van der Waals surface area (Å²) in [5.41, 5.74) is 1.18. The van der Waals surface area contributed by atoms with Gasteiger partial charge >= 0.3 is 0 Å². The highest BCUT2D eigenvalue weighted by Gasteiger charge is 1.80. The second-order valence-corrected chi connectivity index (χ2v) is 1.74. The third-order valence-corrected chi connectivity index (χ3v) is 0.976. The fourth-order valence-corrected chi connectivity index (χ4v) is 0.547. The van der Waals surface area contributed by atoms with Crippen molar-refractivity contribution in [1.82, 2.24) is 5.32 Å². The normalized spacial score (nSPS) is 15.0. The van der Waals surface area contributed by atoms with E-state index in [4.69, 9.17) is 0 Å². The van der Waals surface area contributed by atoms with Crippen LogP contribution in [0.2, 0.25) is 0 Å². The van der Waals surface area contributed by atoms with Gasteiger partial charge in [0.1, 0.15) is 0 Å². The van der Waals surface area contributed by atoms with Crippen LogP contribution in [-0.4, -0.2) is 0 Å². The molecule has 50 valence electrons. The zero-order valence-electron chi connectivity index (χ0n) is 5.29. The van der Waals surface area contributed by atoms with Gasteiger partial charge in [0.05, 0.1) is 0 Å². The molecule has 9 heavy (non-hydrogen) atoms. The van der Waals surface area contributed by atoms with E-state index < -0.39 is 0 Å². The summed E-state index contributed by atoms with van der Waals surface area (Å²) in [6.07, 6.45) is 9.90. The molecule has 2 heteroatoms. The Labute approximate surface area is 61.6 Å². The SMILES string of the molecule is CC1=CC=CC=CN1.Cl. The Morgan fingerprint density at radius 2 is 2.00 bits per heavy atom. The second kappa shape index (κ2) is 4.21. The van der Waals surface area contributed by atoms with Gasteiger partial charge in [-0.1, -0.05) is 12.2 Å². The molecule has 0 amide bonds. The van der Waals surface area contributed by atoms with Crippen LogP contribution >= 0.6 is 12.4 Å². The lowest BCUT2D eigenvalue weighted by Crippen LogP contribution is -1.98. The van der Waals surface area contributed by atoms with Gasteiger partial charge in [0.25, 0.3) is 0 Å². The number of rotatable bonds is 0. The lowest BCUT2D eigenvalue weighted by Gasteiger charge is -1.93. The minimum Gasteiger partial charge on any atom is -0.365 e. The molecule has 1 aliphatic rings. The van der Waals surface area contributed by atoms with E-state index >= 15 is 0 Å². The first kappa shape index (κ1) is 8.31. The Hall–Kier alpha value is -0.690. The van der Waals surface area contributed by atoms with Crippen LogP contribution in [-0.2, 0) is 0 Å². The molecule has 0 radical (unpaired) electrons. The fourth-order valence-electron chi connectivity index (χ4n) is 0.547. The molecular formula is C7H10ClN. The molecule has 0 aromatic rings. The number of nitrogens with one attached hydrogen (secondary N) is 1. The van der Waals surface area contributed by atoms with E-state index in [9.17, 15) is 0 Å². The fraction of sp³-hybridized carbons (Fsp3) is 0.143. The van der Waals surface area contributed by atoms with Crippen molar-refractivity contribution < 1.29 is 0 Å². The summed E-state index contributed by atoms with van der Waals surface area (Å²) in [5, 5.41) is 3.06. The number of hydrogen-bond donors (Lipinski definition) is 1. The highest BCUT2D eigenvalue weighted by molar-refractivity contribution is 5.85. The first-order valence-corrected chi connectivity index (χ1v) is 2.66. The van der Waals surface area contributed by atoms with E-state index in [1.54, 1.807) is 0 Å². The Kier molecular flexibility index (Phi) is 3.89. The van der Waals surface area contributed by atoms with Gasteiger partial charge < -0.3 is 5.32 Å². The maximum absolute atomic E-state index is 3.06. The highest BCUT2D eigenvalue weighted by atomic mass is 35.5. The van der Waals surface area contributed by atoms with Gasteiger partial charge in [0.15, 0.2) is 0 Å². The molecule has 1 nitrogen and oxygen atoms in total. The van der Waals surface area contributed by atoms with Crippen molar-refractivity contribution in [3.05, 3.63) is 36.2 Å². The van der Waals surface area contributed by atoms with Crippen LogP contribution in [0.5, 0.6) is 0 Å². The van der Waals surface area contributed by atoms with Gasteiger partial charge in [0, 0.05) is 11.9 Å². The Morgan fingerprint density at radius 3 is 2.78 bits per heavy atom. The van der Waals surface area contributed by atoms with E-state index in [1.807, 2.05) is 37.4 Å². The quantitative estimate of drug-likeness (QED) is 0.547. The monoisotopic (exact) mass is 143 g/mol. The van der Waals surface area contributed by atoms with Crippen LogP contribution in [0.25, 0.3) is 0 Å². The number of hydrogen-bond acceptors (Lipinski definition) is 1. The minimum absolute atomic E-state index is 0. The van der Waals surface area contributed by atoms with E-state index in [1.165, 1.54) is 5.70 Å². The Morgan fingerprint density at radius 1 is 1.22 bits per heavy atom. The van der Waals surface area contributed by atoms with Crippen LogP contribution in [0.15, 0.2) is 36.2 Å². The molecule has 0 bridgehead atoms. The highest BCUT2D eigenvalue weighted by Crippen LogP contribution is 1.91. The van der Waals surface area contributed by atoms with Crippen molar-refractivity contribution in [2.45, 2.75) is 6.92 Å². The van der Waals surface area contributed by atoms with E-state index in [2.05, 4.69) is 5.32 Å². The third-order valence-electron chi connectivity index (χ3n) is 0.976. The zero-order chi connectivity index (χ0) is 5.82. The van der Waals surface area contributed by atoms with Gasteiger partial charge in [-0.25, -0.2) is 0 Å². The van der Waals surface area contributed by atoms with Gasteiger partial charge in [-0.05, 0) is 19.1 Å². The maximum atomic E-state index is 3.06. The van der Waals surface area contributed by atoms with Gasteiger partial charge in [-0.15, -0.1) is 12.4 Å². The Balaban J connectivity index is 0.000000640. The molecule has 0 aromatic heterocycles. The minimum atomic E-state index is 0. The Bertz CT molecular complexity index is 156. The van der Waals surface area contributed by atoms with Crippen molar-refractivity contribution >= 4 is 12.4 Å². The molecule has 0 saturated carbocycles. The molecule has 0 aliphatic carbocycles. The van der Waals surface area contributed by atoms with Crippen LogP contribution in [0, 0.1) is 0 Å². The molecule has 0 spiro atoms. The first-order chi connectivity index (χ1) is 3.89. The van der Waals surface area contributed by atoms with Crippen LogP contribution in [0.1, 0.15) is 6.92 Å². The topological polar surface area (TPSA) is 12.0 Å². The predicted octanol–water partition coefficient (Wildman–Crippen LogP) is 1.99. The van der Waals surface area contributed by atoms with Gasteiger partial charge in [0.2, 0.25) is 0 Å². The summed E-state index contributed by atoms with van der Waals surface area (Å²) in [4.78, 5) is 0. The lowest BCUT2D eigenvalue weighted by atomic mass is 10.4. The number of halogens is 1. The van der Waals surface area contributed by atoms with Crippen molar-refractivity contribution in [1.29, 1.82) is 0 Å². The summed E-state index contributed by atoms with van der Waals surface area (Å²) >= 11 is 0. The molecule has 0 unspecified atom stereocenters. The third kappa shape index (κ3) is 2.98. The second-order valence-electron chi connectivity index (χ2n) is 1.74. The molecule has 1 rings (SSSR count). The first-order valence-electron chi connectivity index (χ1n) is 2.66. The molecule has 1 N–H and O–H groups in total. The van der Waals surface area contributed by atoms with Gasteiger partial charge in [-0.3, -0.25) is 0 Å². The maximum Gasteiger partial charge on any atom is 0.0115 e. The molecule has 0 fully saturated rings. The van der Waals surface area contributed by atoms with Crippen molar-refractivity contribution in [3.8, 4) is 0 Å². The molecule has 0 atom stereocenters. The predicted molar refractivity (Wildman–Crippen MR) is 42.4 cm³/mol. The molecule has 1 heterocycles. The lowest BCUT2D eigenvalue weighted by molar-refractivity contribution is 1.06. The van der Waals surface area contributed by atoms with Crippen molar-refractivity contribution in [3.63, 3.8) is 0 Å². The molecule has 0 aromatic carbocycles. The number of allylic oxidation sites excluding steroid dienone is 5. The molecule has 1 aliphatic heterocycles.